The van der Waals surface area contributed by atoms with Crippen molar-refractivity contribution in [1.29, 1.82) is 0 Å². The van der Waals surface area contributed by atoms with Crippen molar-refractivity contribution in [2.24, 2.45) is 54.4 Å². The van der Waals surface area contributed by atoms with Gasteiger partial charge in [0.05, 0.1) is 19.4 Å². The normalized spacial score (nSPS) is 16.9. The van der Waals surface area contributed by atoms with Gasteiger partial charge in [0.1, 0.15) is 7.05 Å². The van der Waals surface area contributed by atoms with E-state index >= 15 is 0 Å². The number of hydrogen-bond donors (Lipinski definition) is 0. The Balaban J connectivity index is 2.37. The first kappa shape index (κ1) is 49.3. The first-order valence-corrected chi connectivity index (χ1v) is 24.2. The van der Waals surface area contributed by atoms with E-state index in [0.717, 1.165) is 53.9 Å². The predicted octanol–water partition coefficient (Wildman–Crippen LogP) is 15.2. The van der Waals surface area contributed by atoms with E-state index in [4.69, 9.17) is 9.05 Å². The van der Waals surface area contributed by atoms with Gasteiger partial charge in [-0.2, -0.15) is 0 Å². The highest BCUT2D eigenvalue weighted by molar-refractivity contribution is 7.53. The Morgan fingerprint density at radius 3 is 1.02 bits per heavy atom. The molecular weight excluding hydrogens is 657 g/mol. The molecule has 0 aliphatic carbocycles. The van der Waals surface area contributed by atoms with E-state index in [2.05, 4.69) is 69.2 Å². The van der Waals surface area contributed by atoms with Gasteiger partial charge in [-0.3, -0.25) is 4.57 Å². The fourth-order valence-electron chi connectivity index (χ4n) is 7.65. The van der Waals surface area contributed by atoms with Gasteiger partial charge < -0.3 is 9.05 Å². The summed E-state index contributed by atoms with van der Waals surface area (Å²) in [5.41, 5.74) is 1.01. The molecule has 5 heteroatoms. The quantitative estimate of drug-likeness (QED) is 0.0520. The number of aromatic nitrogens is 1. The molecule has 0 saturated heterocycles. The molecule has 0 aliphatic heterocycles. The third kappa shape index (κ3) is 27.8. The molecule has 6 unspecified atom stereocenters. The first-order chi connectivity index (χ1) is 24.7. The summed E-state index contributed by atoms with van der Waals surface area (Å²) in [5.74, 6) is 6.16. The molecule has 0 spiro atoms. The molecule has 0 fully saturated rings. The summed E-state index contributed by atoms with van der Waals surface area (Å²) < 4.78 is 28.4. The average Bonchev–Trinajstić information content (AvgIpc) is 3.05. The summed E-state index contributed by atoms with van der Waals surface area (Å²) in [4.78, 5) is 0. The van der Waals surface area contributed by atoms with Gasteiger partial charge in [0.25, 0.3) is 0 Å². The molecule has 0 amide bonds. The Kier molecular flexibility index (Phi) is 28.0. The van der Waals surface area contributed by atoms with Gasteiger partial charge in [0, 0.05) is 12.1 Å². The van der Waals surface area contributed by atoms with Gasteiger partial charge in [-0.1, -0.05) is 185 Å². The molecule has 1 aromatic rings. The van der Waals surface area contributed by atoms with Crippen LogP contribution >= 0.6 is 7.60 Å². The fraction of sp³-hybridized carbons (Fsp3) is 0.894. The topological polar surface area (TPSA) is 39.4 Å². The minimum Gasteiger partial charge on any atom is -0.308 e. The van der Waals surface area contributed by atoms with Crippen LogP contribution in [0.25, 0.3) is 0 Å². The maximum atomic E-state index is 14.1. The second-order valence-corrected chi connectivity index (χ2v) is 20.9. The van der Waals surface area contributed by atoms with E-state index in [1.54, 1.807) is 0 Å². The molecule has 1 aromatic heterocycles. The largest absolute Gasteiger partial charge is 0.335 e. The zero-order valence-corrected chi connectivity index (χ0v) is 37.7. The van der Waals surface area contributed by atoms with Crippen molar-refractivity contribution in [1.82, 2.24) is 0 Å². The predicted molar refractivity (Wildman–Crippen MR) is 228 cm³/mol. The van der Waals surface area contributed by atoms with Crippen LogP contribution in [0.2, 0.25) is 0 Å². The van der Waals surface area contributed by atoms with Crippen LogP contribution in [0.1, 0.15) is 203 Å². The lowest BCUT2D eigenvalue weighted by Gasteiger charge is -2.21. The van der Waals surface area contributed by atoms with Crippen molar-refractivity contribution in [2.75, 3.05) is 13.2 Å². The maximum absolute atomic E-state index is 14.1. The fourth-order valence-corrected chi connectivity index (χ4v) is 9.33. The Bertz CT molecular complexity index is 956. The highest BCUT2D eigenvalue weighted by atomic mass is 31.2. The number of pyridine rings is 1. The molecule has 0 saturated carbocycles. The van der Waals surface area contributed by atoms with E-state index in [1.165, 1.54) is 116 Å². The highest BCUT2D eigenvalue weighted by Crippen LogP contribution is 2.52. The van der Waals surface area contributed by atoms with Crippen LogP contribution in [0.3, 0.4) is 0 Å². The highest BCUT2D eigenvalue weighted by Gasteiger charge is 2.26. The van der Waals surface area contributed by atoms with Crippen molar-refractivity contribution in [3.8, 4) is 0 Å². The molecule has 6 atom stereocenters. The molecule has 0 aliphatic rings. The van der Waals surface area contributed by atoms with Gasteiger partial charge in [0.2, 0.25) is 0 Å². The Hall–Kier alpha value is -0.700. The van der Waals surface area contributed by atoms with Crippen molar-refractivity contribution in [2.45, 2.75) is 204 Å². The molecule has 0 bridgehead atoms. The Labute approximate surface area is 326 Å². The van der Waals surface area contributed by atoms with Crippen LogP contribution < -0.4 is 4.57 Å². The van der Waals surface area contributed by atoms with Crippen molar-refractivity contribution in [3.63, 3.8) is 0 Å². The van der Waals surface area contributed by atoms with Crippen molar-refractivity contribution >= 4 is 7.60 Å². The average molecular weight is 749 g/mol. The van der Waals surface area contributed by atoms with Gasteiger partial charge in [-0.15, -0.1) is 0 Å². The molecule has 0 radical (unpaired) electrons. The number of rotatable bonds is 34. The minimum atomic E-state index is -3.23. The van der Waals surface area contributed by atoms with Crippen molar-refractivity contribution in [3.05, 3.63) is 30.1 Å². The first-order valence-electron chi connectivity index (χ1n) is 22.5. The Morgan fingerprint density at radius 2 is 0.731 bits per heavy atom. The summed E-state index contributed by atoms with van der Waals surface area (Å²) in [6, 6.07) is 4.07. The lowest BCUT2D eigenvalue weighted by molar-refractivity contribution is -0.671. The summed E-state index contributed by atoms with van der Waals surface area (Å²) in [6.45, 7) is 24.8. The monoisotopic (exact) mass is 749 g/mol. The van der Waals surface area contributed by atoms with Crippen LogP contribution in [0, 0.1) is 47.3 Å². The molecular formula is C47H91NO3P+. The van der Waals surface area contributed by atoms with Gasteiger partial charge in [-0.05, 0) is 65.7 Å². The lowest BCUT2D eigenvalue weighted by atomic mass is 9.91. The molecule has 0 N–H and O–H groups in total. The van der Waals surface area contributed by atoms with Gasteiger partial charge in [0.15, 0.2) is 12.4 Å². The van der Waals surface area contributed by atoms with Crippen molar-refractivity contribution < 1.29 is 18.2 Å². The van der Waals surface area contributed by atoms with E-state index in [0.29, 0.717) is 31.2 Å². The van der Waals surface area contributed by atoms with Crippen LogP contribution in [0.15, 0.2) is 24.5 Å². The molecule has 52 heavy (non-hydrogen) atoms. The number of aryl methyl sites for hydroxylation is 1. The number of nitrogens with zero attached hydrogens (tertiary/aromatic N) is 1. The zero-order chi connectivity index (χ0) is 38.8. The molecule has 0 aromatic carbocycles. The minimum absolute atomic E-state index is 0.346. The van der Waals surface area contributed by atoms with E-state index in [9.17, 15) is 4.57 Å². The second kappa shape index (κ2) is 29.6. The van der Waals surface area contributed by atoms with Gasteiger partial charge in [-0.25, -0.2) is 4.57 Å². The van der Waals surface area contributed by atoms with Crippen LogP contribution in [-0.2, 0) is 26.8 Å². The molecule has 4 nitrogen and oxygen atoms in total. The van der Waals surface area contributed by atoms with Gasteiger partial charge >= 0.3 is 7.60 Å². The van der Waals surface area contributed by atoms with Crippen LogP contribution in [0.5, 0.6) is 0 Å². The van der Waals surface area contributed by atoms with Crippen LogP contribution in [0.4, 0.5) is 0 Å². The second-order valence-electron chi connectivity index (χ2n) is 18.9. The Morgan fingerprint density at radius 1 is 0.462 bits per heavy atom. The summed E-state index contributed by atoms with van der Waals surface area (Å²) >= 11 is 0. The molecule has 306 valence electrons. The number of hydrogen-bond acceptors (Lipinski definition) is 3. The summed E-state index contributed by atoms with van der Waals surface area (Å²) in [7, 11) is -1.22. The lowest BCUT2D eigenvalue weighted by Crippen LogP contribution is -2.25. The standard InChI is InChI=1S/C47H91NO3P/c1-39(2)18-12-20-41(5)22-14-24-43(7)26-16-28-45(9)32-36-50-52(49,38-47-30-34-48(11)35-31-47)51-37-33-46(10)29-17-27-44(8)25-15-23-42(6)21-13-19-40(3)4/h30-31,34-35,39-46H,12-29,32-33,36-38H2,1-11H3/q+1. The van der Waals surface area contributed by atoms with E-state index < -0.39 is 7.60 Å². The SMILES string of the molecule is CC(C)CCCC(C)CCCC(C)CCCC(C)CCOP(=O)(Cc1cc[n+](C)cc1)OCCC(C)CCCC(C)CCCC(C)CCCC(C)C. The zero-order valence-electron chi connectivity index (χ0n) is 36.8. The van der Waals surface area contributed by atoms with E-state index in [-0.39, 0.29) is 0 Å². The molecule has 1 heterocycles. The maximum Gasteiger partial charge on any atom is 0.335 e. The third-order valence-corrected chi connectivity index (χ3v) is 13.7. The summed E-state index contributed by atoms with van der Waals surface area (Å²) in [6.07, 6.45) is 30.4. The molecule has 1 rings (SSSR count). The summed E-state index contributed by atoms with van der Waals surface area (Å²) in [5, 5.41) is 0. The van der Waals surface area contributed by atoms with Crippen LogP contribution in [-0.4, -0.2) is 13.2 Å². The third-order valence-electron chi connectivity index (χ3n) is 11.8. The smallest absolute Gasteiger partial charge is 0.308 e. The van der Waals surface area contributed by atoms with E-state index in [1.807, 2.05) is 36.1 Å².